The molecule has 18 heavy (non-hydrogen) atoms. The summed E-state index contributed by atoms with van der Waals surface area (Å²) in [6.45, 7) is 0. The third-order valence-corrected chi connectivity index (χ3v) is 13.3. The van der Waals surface area contributed by atoms with E-state index < -0.39 is 9.35 Å². The predicted octanol–water partition coefficient (Wildman–Crippen LogP) is 4.82. The zero-order valence-corrected chi connectivity index (χ0v) is 13.0. The van der Waals surface area contributed by atoms with Crippen LogP contribution in [-0.4, -0.2) is 16.5 Å². The van der Waals surface area contributed by atoms with Crippen molar-refractivity contribution in [2.24, 2.45) is 0 Å². The largest absolute Gasteiger partial charge is 0.326 e. The molecule has 4 heteroatoms. The number of thiophene rings is 2. The molecule has 0 aliphatic heterocycles. The van der Waals surface area contributed by atoms with Gasteiger partial charge in [0.1, 0.15) is 0 Å². The normalized spacial score (nSPS) is 14.2. The van der Waals surface area contributed by atoms with Crippen LogP contribution in [0.2, 0.25) is 0 Å². The van der Waals surface area contributed by atoms with Crippen LogP contribution in [0.3, 0.4) is 0 Å². The Morgan fingerprint density at radius 3 is 1.72 bits per heavy atom. The van der Waals surface area contributed by atoms with E-state index in [1.165, 1.54) is 8.42 Å². The molecule has 96 valence electrons. The van der Waals surface area contributed by atoms with Gasteiger partial charge < -0.3 is 3.97 Å². The van der Waals surface area contributed by atoms with Crippen molar-refractivity contribution < 1.29 is 0 Å². The van der Waals surface area contributed by atoms with Crippen LogP contribution in [0.5, 0.6) is 0 Å². The van der Waals surface area contributed by atoms with Gasteiger partial charge in [-0.15, -0.1) is 22.7 Å². The number of thiol groups is 1. The van der Waals surface area contributed by atoms with Crippen LogP contribution < -0.4 is 0 Å². The monoisotopic (exact) mass is 295 g/mol. The van der Waals surface area contributed by atoms with Gasteiger partial charge in [-0.25, -0.2) is 0 Å². The van der Waals surface area contributed by atoms with E-state index >= 15 is 0 Å². The molecular formula is C14H17NS3. The van der Waals surface area contributed by atoms with Gasteiger partial charge in [-0.05, 0) is 47.5 Å². The van der Waals surface area contributed by atoms with Crippen LogP contribution in [0.25, 0.3) is 0 Å². The van der Waals surface area contributed by atoms with Crippen molar-refractivity contribution in [2.45, 2.75) is 8.42 Å². The molecule has 0 bridgehead atoms. The van der Waals surface area contributed by atoms with Crippen molar-refractivity contribution >= 4 is 32.0 Å². The third kappa shape index (κ3) is 1.53. The van der Waals surface area contributed by atoms with Crippen molar-refractivity contribution in [3.63, 3.8) is 0 Å². The summed E-state index contributed by atoms with van der Waals surface area (Å²) in [6, 6.07) is 13.1. The lowest BCUT2D eigenvalue weighted by Gasteiger charge is -2.56. The summed E-state index contributed by atoms with van der Waals surface area (Å²) in [5.74, 6) is 0. The molecule has 3 aromatic heterocycles. The molecule has 0 atom stereocenters. The molecule has 0 fully saturated rings. The van der Waals surface area contributed by atoms with Gasteiger partial charge in [0, 0.05) is 20.8 Å². The van der Waals surface area contributed by atoms with Crippen molar-refractivity contribution in [3.8, 4) is 0 Å². The molecule has 0 unspecified atom stereocenters. The molecule has 0 saturated carbocycles. The number of nitrogens with zero attached hydrogens (tertiary/aromatic N) is 1. The fourth-order valence-electron chi connectivity index (χ4n) is 2.35. The second kappa shape index (κ2) is 4.02. The van der Waals surface area contributed by atoms with Crippen molar-refractivity contribution in [3.05, 3.63) is 59.6 Å². The smallest absolute Gasteiger partial charge is 0.0466 e. The average molecular weight is 295 g/mol. The van der Waals surface area contributed by atoms with Crippen molar-refractivity contribution in [1.29, 1.82) is 0 Å². The van der Waals surface area contributed by atoms with Crippen LogP contribution >= 0.6 is 32.0 Å². The minimum absolute atomic E-state index is 1.49. The minimum atomic E-state index is -2.26. The van der Waals surface area contributed by atoms with Gasteiger partial charge in [0.15, 0.2) is 0 Å². The molecule has 0 aliphatic carbocycles. The van der Waals surface area contributed by atoms with E-state index in [4.69, 9.17) is 0 Å². The molecule has 0 saturated heterocycles. The van der Waals surface area contributed by atoms with Crippen LogP contribution in [0.1, 0.15) is 0 Å². The van der Waals surface area contributed by atoms with Gasteiger partial charge in [0.05, 0.1) is 0 Å². The van der Waals surface area contributed by atoms with Crippen LogP contribution in [-0.2, 0) is 0 Å². The summed E-state index contributed by atoms with van der Waals surface area (Å²) in [5, 5.41) is 4.36. The summed E-state index contributed by atoms with van der Waals surface area (Å²) in [6.07, 6.45) is 9.28. The minimum Gasteiger partial charge on any atom is -0.326 e. The molecule has 3 heterocycles. The van der Waals surface area contributed by atoms with Crippen molar-refractivity contribution in [1.82, 2.24) is 3.97 Å². The fourth-order valence-corrected chi connectivity index (χ4v) is 10.1. The lowest BCUT2D eigenvalue weighted by molar-refractivity contribution is 1.19. The maximum Gasteiger partial charge on any atom is 0.0466 e. The molecule has 0 radical (unpaired) electrons. The standard InChI is InChI=1S/C14H17NS3/c1-18(2,13-7-5-11-16-13,14-8-6-12-17-14)15-9-3-4-10-15/h3-12,18H,1-2H3. The van der Waals surface area contributed by atoms with Crippen molar-refractivity contribution in [2.75, 3.05) is 12.5 Å². The summed E-state index contributed by atoms with van der Waals surface area (Å²) in [5.41, 5.74) is 0. The Bertz CT molecular complexity index is 528. The Labute approximate surface area is 116 Å². The molecule has 3 rings (SSSR count). The summed E-state index contributed by atoms with van der Waals surface area (Å²) in [4.78, 5) is 0. The van der Waals surface area contributed by atoms with Gasteiger partial charge in [-0.3, -0.25) is 0 Å². The van der Waals surface area contributed by atoms with Gasteiger partial charge in [0.2, 0.25) is 0 Å². The lowest BCUT2D eigenvalue weighted by Crippen LogP contribution is -2.21. The highest BCUT2D eigenvalue weighted by Crippen LogP contribution is 2.78. The second-order valence-electron chi connectivity index (χ2n) is 5.02. The quantitative estimate of drug-likeness (QED) is 0.661. The molecule has 0 spiro atoms. The molecule has 1 nitrogen and oxygen atoms in total. The third-order valence-electron chi connectivity index (χ3n) is 3.59. The number of aromatic nitrogens is 1. The number of rotatable bonds is 3. The van der Waals surface area contributed by atoms with E-state index in [9.17, 15) is 0 Å². The number of hydrogen-bond donors (Lipinski definition) is 1. The molecule has 0 aliphatic rings. The fraction of sp³-hybridized carbons (Fsp3) is 0.143. The topological polar surface area (TPSA) is 4.93 Å². The van der Waals surface area contributed by atoms with Gasteiger partial charge in [0.25, 0.3) is 0 Å². The summed E-state index contributed by atoms with van der Waals surface area (Å²) < 4.78 is 5.41. The zero-order chi connectivity index (χ0) is 12.7. The maximum atomic E-state index is 2.43. The lowest BCUT2D eigenvalue weighted by atomic mass is 10.7. The molecule has 0 N–H and O–H groups in total. The van der Waals surface area contributed by atoms with E-state index in [0.717, 1.165) is 0 Å². The van der Waals surface area contributed by atoms with E-state index in [1.54, 1.807) is 0 Å². The Morgan fingerprint density at radius 1 is 0.833 bits per heavy atom. The Kier molecular flexibility index (Phi) is 2.70. The van der Waals surface area contributed by atoms with E-state index in [-0.39, 0.29) is 0 Å². The Balaban J connectivity index is 2.34. The zero-order valence-electron chi connectivity index (χ0n) is 10.5. The highest BCUT2D eigenvalue weighted by molar-refractivity contribution is 8.49. The highest BCUT2D eigenvalue weighted by atomic mass is 32.3. The van der Waals surface area contributed by atoms with Gasteiger partial charge >= 0.3 is 0 Å². The maximum absolute atomic E-state index is 2.43. The second-order valence-corrected chi connectivity index (χ2v) is 13.1. The molecule has 0 aromatic carbocycles. The highest BCUT2D eigenvalue weighted by Gasteiger charge is 2.37. The van der Waals surface area contributed by atoms with E-state index in [1.807, 2.05) is 22.7 Å². The first-order valence-electron chi connectivity index (χ1n) is 5.85. The van der Waals surface area contributed by atoms with Crippen LogP contribution in [0, 0.1) is 0 Å². The van der Waals surface area contributed by atoms with E-state index in [0.29, 0.717) is 0 Å². The predicted molar refractivity (Wildman–Crippen MR) is 85.8 cm³/mol. The Morgan fingerprint density at radius 2 is 1.33 bits per heavy atom. The van der Waals surface area contributed by atoms with Crippen LogP contribution in [0.15, 0.2) is 68.0 Å². The molecular weight excluding hydrogens is 278 g/mol. The first kappa shape index (κ1) is 12.1. The molecule has 0 amide bonds. The van der Waals surface area contributed by atoms with E-state index in [2.05, 4.69) is 76.0 Å². The SMILES string of the molecule is C[SH](C)(c1cccs1)(c1cccs1)n1cccc1. The van der Waals surface area contributed by atoms with Gasteiger partial charge in [-0.1, -0.05) is 12.1 Å². The molecule has 3 aromatic rings. The first-order chi connectivity index (χ1) is 8.62. The summed E-state index contributed by atoms with van der Waals surface area (Å²) >= 11 is 3.74. The summed E-state index contributed by atoms with van der Waals surface area (Å²) in [7, 11) is -2.26. The number of hydrogen-bond acceptors (Lipinski definition) is 2. The average Bonchev–Trinajstić information content (AvgIpc) is 3.13. The van der Waals surface area contributed by atoms with Gasteiger partial charge in [-0.2, -0.15) is 9.35 Å². The van der Waals surface area contributed by atoms with Crippen LogP contribution in [0.4, 0.5) is 0 Å². The Hall–Kier alpha value is -0.970. The first-order valence-corrected chi connectivity index (χ1v) is 10.7.